The summed E-state index contributed by atoms with van der Waals surface area (Å²) in [5.41, 5.74) is 1.68. The minimum Gasteiger partial charge on any atom is -0.480 e. The zero-order chi connectivity index (χ0) is 13.3. The highest BCUT2D eigenvalue weighted by molar-refractivity contribution is 6.31. The molecule has 1 aromatic carbocycles. The van der Waals surface area contributed by atoms with Crippen molar-refractivity contribution >= 4 is 28.6 Å². The van der Waals surface area contributed by atoms with Gasteiger partial charge in [0.1, 0.15) is 5.82 Å². The second-order valence-electron chi connectivity index (χ2n) is 4.27. The Bertz CT molecular complexity index is 582. The minimum absolute atomic E-state index is 0.0288. The maximum Gasteiger partial charge on any atom is 0.317 e. The number of imidazole rings is 1. The highest BCUT2D eigenvalue weighted by Crippen LogP contribution is 2.22. The summed E-state index contributed by atoms with van der Waals surface area (Å²) in [6.45, 7) is 1.88. The molecule has 2 aromatic rings. The van der Waals surface area contributed by atoms with Gasteiger partial charge in [-0.25, -0.2) is 4.98 Å². The van der Waals surface area contributed by atoms with Crippen LogP contribution in [0.5, 0.6) is 0 Å². The van der Waals surface area contributed by atoms with E-state index in [2.05, 4.69) is 9.97 Å². The van der Waals surface area contributed by atoms with E-state index in [0.717, 1.165) is 16.9 Å². The van der Waals surface area contributed by atoms with Crippen molar-refractivity contribution in [1.82, 2.24) is 14.9 Å². The number of nitrogens with zero attached hydrogens (tertiary/aromatic N) is 2. The molecule has 5 nitrogen and oxygen atoms in total. The van der Waals surface area contributed by atoms with Gasteiger partial charge in [-0.3, -0.25) is 9.69 Å². The van der Waals surface area contributed by atoms with E-state index in [4.69, 9.17) is 16.7 Å². The summed E-state index contributed by atoms with van der Waals surface area (Å²) >= 11 is 5.90. The van der Waals surface area contributed by atoms with Crippen LogP contribution in [0.15, 0.2) is 18.2 Å². The van der Waals surface area contributed by atoms with E-state index in [9.17, 15) is 4.79 Å². The van der Waals surface area contributed by atoms with Crippen molar-refractivity contribution in [3.05, 3.63) is 29.0 Å². The molecule has 2 rings (SSSR count). The first-order valence-electron chi connectivity index (χ1n) is 5.54. The first-order chi connectivity index (χ1) is 8.47. The zero-order valence-electron chi connectivity index (χ0n) is 10.1. The predicted molar refractivity (Wildman–Crippen MR) is 69.8 cm³/mol. The van der Waals surface area contributed by atoms with Crippen LogP contribution in [0.4, 0.5) is 0 Å². The fourth-order valence-corrected chi connectivity index (χ4v) is 1.93. The Morgan fingerprint density at radius 2 is 2.33 bits per heavy atom. The number of aliphatic carboxylic acids is 1. The van der Waals surface area contributed by atoms with Crippen LogP contribution in [0, 0.1) is 0 Å². The molecule has 0 radical (unpaired) electrons. The van der Waals surface area contributed by atoms with Crippen LogP contribution in [0.2, 0.25) is 5.02 Å². The number of carboxylic acid groups (broad SMARTS) is 1. The lowest BCUT2D eigenvalue weighted by Crippen LogP contribution is -2.29. The van der Waals surface area contributed by atoms with Gasteiger partial charge >= 0.3 is 5.97 Å². The van der Waals surface area contributed by atoms with Crippen molar-refractivity contribution in [3.63, 3.8) is 0 Å². The Kier molecular flexibility index (Phi) is 3.54. The number of benzene rings is 1. The molecule has 0 aliphatic rings. The summed E-state index contributed by atoms with van der Waals surface area (Å²) in [4.78, 5) is 20.0. The van der Waals surface area contributed by atoms with E-state index in [0.29, 0.717) is 5.02 Å². The number of H-pyrrole nitrogens is 1. The van der Waals surface area contributed by atoms with Crippen molar-refractivity contribution in [2.24, 2.45) is 0 Å². The topological polar surface area (TPSA) is 69.2 Å². The standard InChI is InChI=1S/C12H14ClN3O2/c1-7(16(2)6-11(17)18)12-14-9-4-3-8(13)5-10(9)15-12/h3-5,7H,6H2,1-2H3,(H,14,15)(H,17,18). The van der Waals surface area contributed by atoms with Crippen molar-refractivity contribution in [2.45, 2.75) is 13.0 Å². The number of aromatic amines is 1. The Hall–Kier alpha value is -1.59. The number of hydrogen-bond donors (Lipinski definition) is 2. The van der Waals surface area contributed by atoms with Crippen molar-refractivity contribution in [1.29, 1.82) is 0 Å². The smallest absolute Gasteiger partial charge is 0.317 e. The molecule has 2 N–H and O–H groups in total. The van der Waals surface area contributed by atoms with Gasteiger partial charge < -0.3 is 10.1 Å². The van der Waals surface area contributed by atoms with Crippen LogP contribution >= 0.6 is 11.6 Å². The summed E-state index contributed by atoms with van der Waals surface area (Å²) in [6, 6.07) is 5.31. The van der Waals surface area contributed by atoms with E-state index in [1.54, 1.807) is 24.1 Å². The van der Waals surface area contributed by atoms with Gasteiger partial charge in [-0.05, 0) is 32.2 Å². The van der Waals surface area contributed by atoms with Crippen LogP contribution in [0.3, 0.4) is 0 Å². The maximum atomic E-state index is 10.7. The van der Waals surface area contributed by atoms with Gasteiger partial charge in [0.15, 0.2) is 0 Å². The molecule has 0 fully saturated rings. The molecule has 0 bridgehead atoms. The van der Waals surface area contributed by atoms with Crippen molar-refractivity contribution in [2.75, 3.05) is 13.6 Å². The highest BCUT2D eigenvalue weighted by atomic mass is 35.5. The zero-order valence-corrected chi connectivity index (χ0v) is 10.9. The third-order valence-electron chi connectivity index (χ3n) is 2.90. The fraction of sp³-hybridized carbons (Fsp3) is 0.333. The quantitative estimate of drug-likeness (QED) is 0.892. The number of aromatic nitrogens is 2. The molecule has 0 amide bonds. The maximum absolute atomic E-state index is 10.7. The van der Waals surface area contributed by atoms with Crippen LogP contribution in [-0.2, 0) is 4.79 Å². The van der Waals surface area contributed by atoms with Gasteiger partial charge in [0.2, 0.25) is 0 Å². The Labute approximate surface area is 109 Å². The molecule has 0 spiro atoms. The average Bonchev–Trinajstić information content (AvgIpc) is 2.69. The molecule has 18 heavy (non-hydrogen) atoms. The molecule has 0 aliphatic carbocycles. The molecule has 0 saturated carbocycles. The van der Waals surface area contributed by atoms with E-state index < -0.39 is 5.97 Å². The van der Waals surface area contributed by atoms with Crippen LogP contribution in [-0.4, -0.2) is 39.5 Å². The molecule has 6 heteroatoms. The first-order valence-corrected chi connectivity index (χ1v) is 5.92. The molecular weight excluding hydrogens is 254 g/mol. The summed E-state index contributed by atoms with van der Waals surface area (Å²) in [5, 5.41) is 9.41. The minimum atomic E-state index is -0.858. The van der Waals surface area contributed by atoms with E-state index in [-0.39, 0.29) is 12.6 Å². The Morgan fingerprint density at radius 3 is 3.00 bits per heavy atom. The molecule has 1 heterocycles. The number of nitrogens with one attached hydrogen (secondary N) is 1. The van der Waals surface area contributed by atoms with Gasteiger partial charge in [0.05, 0.1) is 23.6 Å². The molecule has 1 unspecified atom stereocenters. The van der Waals surface area contributed by atoms with Gasteiger partial charge in [0.25, 0.3) is 0 Å². The number of carboxylic acids is 1. The van der Waals surface area contributed by atoms with Gasteiger partial charge in [-0.2, -0.15) is 0 Å². The molecule has 1 aromatic heterocycles. The third kappa shape index (κ3) is 2.63. The number of fused-ring (bicyclic) bond motifs is 1. The van der Waals surface area contributed by atoms with E-state index in [1.165, 1.54) is 0 Å². The summed E-state index contributed by atoms with van der Waals surface area (Å²) in [6.07, 6.45) is 0. The average molecular weight is 268 g/mol. The van der Waals surface area contributed by atoms with Gasteiger partial charge in [0, 0.05) is 5.02 Å². The number of carbonyl (C=O) groups is 1. The second kappa shape index (κ2) is 4.96. The summed E-state index contributed by atoms with van der Waals surface area (Å²) < 4.78 is 0. The fourth-order valence-electron chi connectivity index (χ4n) is 1.76. The summed E-state index contributed by atoms with van der Waals surface area (Å²) in [5.74, 6) is -0.125. The second-order valence-corrected chi connectivity index (χ2v) is 4.70. The van der Waals surface area contributed by atoms with E-state index >= 15 is 0 Å². The van der Waals surface area contributed by atoms with Crippen LogP contribution < -0.4 is 0 Å². The normalized spacial score (nSPS) is 13.1. The first kappa shape index (κ1) is 12.9. The molecule has 0 saturated heterocycles. The Morgan fingerprint density at radius 1 is 1.61 bits per heavy atom. The van der Waals surface area contributed by atoms with Crippen LogP contribution in [0.25, 0.3) is 11.0 Å². The SMILES string of the molecule is CC(c1nc2ccc(Cl)cc2[nH]1)N(C)CC(=O)O. The van der Waals surface area contributed by atoms with Crippen LogP contribution in [0.1, 0.15) is 18.8 Å². The summed E-state index contributed by atoms with van der Waals surface area (Å²) in [7, 11) is 1.75. The molecule has 96 valence electrons. The highest BCUT2D eigenvalue weighted by Gasteiger charge is 2.17. The molecule has 1 atom stereocenters. The van der Waals surface area contributed by atoms with Gasteiger partial charge in [-0.15, -0.1) is 0 Å². The largest absolute Gasteiger partial charge is 0.480 e. The molecular formula is C12H14ClN3O2. The monoisotopic (exact) mass is 267 g/mol. The lowest BCUT2D eigenvalue weighted by molar-refractivity contribution is -0.138. The number of hydrogen-bond acceptors (Lipinski definition) is 3. The van der Waals surface area contributed by atoms with Crippen molar-refractivity contribution < 1.29 is 9.90 Å². The third-order valence-corrected chi connectivity index (χ3v) is 3.14. The predicted octanol–water partition coefficient (Wildman–Crippen LogP) is 2.29. The Balaban J connectivity index is 2.27. The number of likely N-dealkylation sites (N-methyl/N-ethyl adjacent to an activating group) is 1. The van der Waals surface area contributed by atoms with Gasteiger partial charge in [-0.1, -0.05) is 11.6 Å². The van der Waals surface area contributed by atoms with E-state index in [1.807, 2.05) is 13.0 Å². The lowest BCUT2D eigenvalue weighted by atomic mass is 10.3. The number of rotatable bonds is 4. The molecule has 0 aliphatic heterocycles. The number of halogens is 1. The van der Waals surface area contributed by atoms with Crippen molar-refractivity contribution in [3.8, 4) is 0 Å². The lowest BCUT2D eigenvalue weighted by Gasteiger charge is -2.20.